The first-order valence-corrected chi connectivity index (χ1v) is 11.8. The summed E-state index contributed by atoms with van der Waals surface area (Å²) in [6.45, 7) is 24.9. The summed E-state index contributed by atoms with van der Waals surface area (Å²) in [4.78, 5) is 0. The number of nitrogens with zero attached hydrogens (tertiary/aromatic N) is 1. The van der Waals surface area contributed by atoms with E-state index in [9.17, 15) is 0 Å². The topological polar surface area (TPSA) is 12.4 Å². The van der Waals surface area contributed by atoms with Crippen LogP contribution < -0.4 is 0 Å². The van der Waals surface area contributed by atoms with Gasteiger partial charge in [-0.05, 0) is 50.2 Å². The maximum atomic E-state index is 5.52. The van der Waals surface area contributed by atoms with Gasteiger partial charge in [-0.2, -0.15) is 0 Å². The molecule has 0 N–H and O–H groups in total. The van der Waals surface area contributed by atoms with Gasteiger partial charge in [0.15, 0.2) is 0 Å². The van der Waals surface area contributed by atoms with E-state index in [1.807, 2.05) is 0 Å². The van der Waals surface area contributed by atoms with Crippen LogP contribution >= 0.6 is 14.4 Å². The molecule has 0 aliphatic carbocycles. The number of rotatable bonds is 5. The van der Waals surface area contributed by atoms with Gasteiger partial charge < -0.3 is 0 Å². The average molecular weight is 305 g/mol. The Bertz CT molecular complexity index is 302. The molecule has 0 unspecified atom stereocenters. The molecule has 19 heavy (non-hydrogen) atoms. The van der Waals surface area contributed by atoms with Crippen molar-refractivity contribution in [2.45, 2.75) is 104 Å². The predicted molar refractivity (Wildman–Crippen MR) is 96.6 cm³/mol. The van der Waals surface area contributed by atoms with Crippen molar-refractivity contribution in [2.24, 2.45) is 4.74 Å². The van der Waals surface area contributed by atoms with Crippen LogP contribution in [0.2, 0.25) is 0 Å². The summed E-state index contributed by atoms with van der Waals surface area (Å²) < 4.78 is 5.52. The first kappa shape index (κ1) is 19.7. The molecule has 0 heterocycles. The third kappa shape index (κ3) is 4.86. The molecule has 0 aliphatic rings. The van der Waals surface area contributed by atoms with E-state index in [1.54, 1.807) is 0 Å². The van der Waals surface area contributed by atoms with E-state index in [0.717, 1.165) is 11.3 Å². The lowest BCUT2D eigenvalue weighted by Crippen LogP contribution is -2.19. The molecule has 0 atom stereocenters. The lowest BCUT2D eigenvalue weighted by Gasteiger charge is -2.46. The van der Waals surface area contributed by atoms with E-state index in [0.29, 0.717) is 11.3 Å². The van der Waals surface area contributed by atoms with E-state index < -0.39 is 6.74 Å². The summed E-state index contributed by atoms with van der Waals surface area (Å²) in [7, 11) is -0.0251. The highest BCUT2D eigenvalue weighted by Gasteiger charge is 2.40. The van der Waals surface area contributed by atoms with Crippen molar-refractivity contribution in [3.8, 4) is 0 Å². The Balaban J connectivity index is 6.23. The second kappa shape index (κ2) is 7.09. The normalized spacial score (nSPS) is 14.3. The summed E-state index contributed by atoms with van der Waals surface area (Å²) in [5, 5.41) is 0. The molecular formula is C16H37NP2. The van der Waals surface area contributed by atoms with Crippen LogP contribution in [0, 0.1) is 0 Å². The van der Waals surface area contributed by atoms with Gasteiger partial charge in [0.2, 0.25) is 0 Å². The minimum absolute atomic E-state index is 0.0251. The van der Waals surface area contributed by atoms with Crippen molar-refractivity contribution in [1.29, 1.82) is 0 Å². The van der Waals surface area contributed by atoms with Crippen LogP contribution in [0.15, 0.2) is 4.74 Å². The Kier molecular flexibility index (Phi) is 7.33. The van der Waals surface area contributed by atoms with Gasteiger partial charge >= 0.3 is 0 Å². The molecule has 0 rings (SSSR count). The van der Waals surface area contributed by atoms with Crippen molar-refractivity contribution in [2.75, 3.05) is 0 Å². The molecule has 0 aliphatic heterocycles. The van der Waals surface area contributed by atoms with E-state index in [4.69, 9.17) is 4.74 Å². The maximum Gasteiger partial charge on any atom is 0.0513 e. The molecule has 3 heteroatoms. The van der Waals surface area contributed by atoms with Gasteiger partial charge in [0.25, 0.3) is 0 Å². The van der Waals surface area contributed by atoms with Gasteiger partial charge in [-0.25, -0.2) is 0 Å². The van der Waals surface area contributed by atoms with Crippen molar-refractivity contribution < 1.29 is 0 Å². The summed E-state index contributed by atoms with van der Waals surface area (Å²) in [5.41, 5.74) is 3.07. The minimum Gasteiger partial charge on any atom is -0.293 e. The van der Waals surface area contributed by atoms with E-state index in [-0.39, 0.29) is 13.1 Å². The second-order valence-corrected chi connectivity index (χ2v) is 17.5. The van der Waals surface area contributed by atoms with Gasteiger partial charge in [-0.15, -0.1) is 0 Å². The van der Waals surface area contributed by atoms with Crippen LogP contribution in [0.4, 0.5) is 0 Å². The highest BCUT2D eigenvalue weighted by atomic mass is 32.1. The third-order valence-electron chi connectivity index (χ3n) is 3.41. The summed E-state index contributed by atoms with van der Waals surface area (Å²) in [5.74, 6) is 0. The van der Waals surface area contributed by atoms with Crippen LogP contribution in [0.3, 0.4) is 0 Å². The molecular weight excluding hydrogens is 268 g/mol. The van der Waals surface area contributed by atoms with Crippen molar-refractivity contribution in [3.63, 3.8) is 0 Å². The molecule has 0 radical (unpaired) electrons. The smallest absolute Gasteiger partial charge is 0.0513 e. The van der Waals surface area contributed by atoms with Gasteiger partial charge in [-0.3, -0.25) is 4.74 Å². The van der Waals surface area contributed by atoms with Crippen LogP contribution in [-0.2, 0) is 0 Å². The zero-order chi connectivity index (χ0) is 15.6. The van der Waals surface area contributed by atoms with Crippen LogP contribution in [0.1, 0.15) is 76.2 Å². The van der Waals surface area contributed by atoms with E-state index >= 15 is 0 Å². The SMILES string of the molecule is CC(C)P(C(C)C)P(=NC(C)(C)C)(C(C)C)C(C)C. The van der Waals surface area contributed by atoms with Crippen molar-refractivity contribution in [3.05, 3.63) is 0 Å². The number of hydrogen-bond donors (Lipinski definition) is 0. The zero-order valence-electron chi connectivity index (χ0n) is 15.2. The van der Waals surface area contributed by atoms with Crippen LogP contribution in [0.5, 0.6) is 0 Å². The lowest BCUT2D eigenvalue weighted by atomic mass is 10.1. The fourth-order valence-electron chi connectivity index (χ4n) is 3.23. The maximum absolute atomic E-state index is 5.52. The minimum atomic E-state index is -1.29. The first-order valence-electron chi connectivity index (χ1n) is 7.78. The average Bonchev–Trinajstić information content (AvgIpc) is 2.11. The molecule has 116 valence electrons. The molecule has 0 spiro atoms. The zero-order valence-corrected chi connectivity index (χ0v) is 16.9. The Labute approximate surface area is 124 Å². The quantitative estimate of drug-likeness (QED) is 0.484. The molecule has 0 aromatic rings. The van der Waals surface area contributed by atoms with Gasteiger partial charge in [0.05, 0.1) is 5.54 Å². The highest BCUT2D eigenvalue weighted by molar-refractivity contribution is 8.35. The van der Waals surface area contributed by atoms with Crippen LogP contribution in [0.25, 0.3) is 0 Å². The van der Waals surface area contributed by atoms with E-state index in [1.165, 1.54) is 0 Å². The summed E-state index contributed by atoms with van der Waals surface area (Å²) >= 11 is 0. The standard InChI is InChI=1S/C16H37NP2/c1-12(2)18(13(3)4)19(14(5)6,15(7)8)17-16(9,10)11/h12-15H,1-11H3. The molecule has 0 bridgehead atoms. The van der Waals surface area contributed by atoms with E-state index in [2.05, 4.69) is 76.2 Å². The Morgan fingerprint density at radius 2 is 1.05 bits per heavy atom. The fraction of sp³-hybridized carbons (Fsp3) is 1.00. The predicted octanol–water partition coefficient (Wildman–Crippen LogP) is 7.02. The molecule has 0 amide bonds. The molecule has 0 saturated carbocycles. The van der Waals surface area contributed by atoms with Crippen molar-refractivity contribution in [1.82, 2.24) is 0 Å². The first-order chi connectivity index (χ1) is 8.36. The third-order valence-corrected chi connectivity index (χ3v) is 18.3. The fourth-order valence-corrected chi connectivity index (χ4v) is 18.4. The molecule has 1 nitrogen and oxygen atoms in total. The Morgan fingerprint density at radius 3 is 1.21 bits per heavy atom. The van der Waals surface area contributed by atoms with Crippen LogP contribution in [-0.4, -0.2) is 28.2 Å². The number of hydrogen-bond acceptors (Lipinski definition) is 1. The largest absolute Gasteiger partial charge is 0.293 e. The van der Waals surface area contributed by atoms with Gasteiger partial charge in [0, 0.05) is 0 Å². The molecule has 0 saturated heterocycles. The lowest BCUT2D eigenvalue weighted by molar-refractivity contribution is 0.588. The van der Waals surface area contributed by atoms with Gasteiger partial charge in [-0.1, -0.05) is 63.0 Å². The summed E-state index contributed by atoms with van der Waals surface area (Å²) in [6.07, 6.45) is 0. The Morgan fingerprint density at radius 1 is 0.737 bits per heavy atom. The highest BCUT2D eigenvalue weighted by Crippen LogP contribution is 2.86. The Hall–Kier alpha value is 0.660. The molecule has 0 fully saturated rings. The molecule has 0 aromatic heterocycles. The monoisotopic (exact) mass is 305 g/mol. The van der Waals surface area contributed by atoms with Crippen molar-refractivity contribution >= 4 is 14.4 Å². The summed E-state index contributed by atoms with van der Waals surface area (Å²) in [6, 6.07) is 0. The second-order valence-electron chi connectivity index (χ2n) is 7.73. The van der Waals surface area contributed by atoms with Gasteiger partial charge in [0.1, 0.15) is 0 Å². The molecule has 0 aromatic carbocycles.